The van der Waals surface area contributed by atoms with E-state index in [1.165, 1.54) is 0 Å². The second-order valence-electron chi connectivity index (χ2n) is 6.49. The Bertz CT molecular complexity index is 439. The van der Waals surface area contributed by atoms with Crippen molar-refractivity contribution in [3.63, 3.8) is 0 Å². The van der Waals surface area contributed by atoms with Crippen LogP contribution in [0.15, 0.2) is 24.3 Å². The van der Waals surface area contributed by atoms with Gasteiger partial charge in [-0.15, -0.1) is 0 Å². The number of para-hydroxylation sites is 2. The molecule has 1 aromatic rings. The number of hydrogen-bond donors (Lipinski definition) is 0. The van der Waals surface area contributed by atoms with Crippen molar-refractivity contribution in [1.29, 1.82) is 0 Å². The minimum atomic E-state index is -0.400. The van der Waals surface area contributed by atoms with Gasteiger partial charge in [0.15, 0.2) is 24.1 Å². The molecular formula is C22H38O6. The lowest BCUT2D eigenvalue weighted by atomic mass is 10.3. The molecule has 2 atom stereocenters. The molecule has 0 N–H and O–H groups in total. The summed E-state index contributed by atoms with van der Waals surface area (Å²) in [5.41, 5.74) is 0. The SMILES string of the molecule is CCCCOCCOC(C)Oc1ccccc1OC(C)OCCOCCCC. The summed E-state index contributed by atoms with van der Waals surface area (Å²) >= 11 is 0. The topological polar surface area (TPSA) is 55.4 Å². The van der Waals surface area contributed by atoms with E-state index >= 15 is 0 Å². The van der Waals surface area contributed by atoms with Crippen molar-refractivity contribution in [1.82, 2.24) is 0 Å². The minimum Gasteiger partial charge on any atom is -0.461 e. The molecule has 0 bridgehead atoms. The van der Waals surface area contributed by atoms with Crippen LogP contribution in [0, 0.1) is 0 Å². The van der Waals surface area contributed by atoms with Crippen LogP contribution in [0.3, 0.4) is 0 Å². The highest BCUT2D eigenvalue weighted by molar-refractivity contribution is 5.39. The Balaban J connectivity index is 2.30. The molecule has 0 aliphatic heterocycles. The van der Waals surface area contributed by atoms with Crippen LogP contribution in [0.5, 0.6) is 11.5 Å². The highest BCUT2D eigenvalue weighted by atomic mass is 16.7. The Morgan fingerprint density at radius 1 is 0.643 bits per heavy atom. The summed E-state index contributed by atoms with van der Waals surface area (Å²) < 4.78 is 34.0. The molecule has 6 nitrogen and oxygen atoms in total. The van der Waals surface area contributed by atoms with Crippen LogP contribution in [-0.2, 0) is 18.9 Å². The van der Waals surface area contributed by atoms with E-state index in [1.807, 2.05) is 38.1 Å². The van der Waals surface area contributed by atoms with Crippen LogP contribution in [0.2, 0.25) is 0 Å². The van der Waals surface area contributed by atoms with Crippen molar-refractivity contribution in [2.24, 2.45) is 0 Å². The van der Waals surface area contributed by atoms with Gasteiger partial charge in [0.05, 0.1) is 26.4 Å². The Morgan fingerprint density at radius 3 is 1.46 bits per heavy atom. The maximum Gasteiger partial charge on any atom is 0.197 e. The summed E-state index contributed by atoms with van der Waals surface area (Å²) in [4.78, 5) is 0. The lowest BCUT2D eigenvalue weighted by molar-refractivity contribution is -0.0958. The summed E-state index contributed by atoms with van der Waals surface area (Å²) in [5.74, 6) is 1.24. The third-order valence-electron chi connectivity index (χ3n) is 3.88. The van der Waals surface area contributed by atoms with Crippen LogP contribution in [0.1, 0.15) is 53.4 Å². The Hall–Kier alpha value is -1.34. The van der Waals surface area contributed by atoms with Crippen molar-refractivity contribution in [3.05, 3.63) is 24.3 Å². The number of benzene rings is 1. The van der Waals surface area contributed by atoms with Crippen molar-refractivity contribution >= 4 is 0 Å². The van der Waals surface area contributed by atoms with Gasteiger partial charge < -0.3 is 28.4 Å². The van der Waals surface area contributed by atoms with Gasteiger partial charge in [0.25, 0.3) is 0 Å². The normalized spacial score (nSPS) is 13.3. The van der Waals surface area contributed by atoms with Gasteiger partial charge >= 0.3 is 0 Å². The third-order valence-corrected chi connectivity index (χ3v) is 3.88. The molecule has 0 saturated heterocycles. The van der Waals surface area contributed by atoms with Gasteiger partial charge in [-0.2, -0.15) is 0 Å². The van der Waals surface area contributed by atoms with Crippen molar-refractivity contribution in [3.8, 4) is 11.5 Å². The minimum absolute atomic E-state index is 0.400. The molecule has 0 aliphatic rings. The first-order chi connectivity index (χ1) is 13.7. The first-order valence-corrected chi connectivity index (χ1v) is 10.5. The van der Waals surface area contributed by atoms with Crippen LogP contribution >= 0.6 is 0 Å². The average molecular weight is 399 g/mol. The molecule has 1 rings (SSSR count). The van der Waals surface area contributed by atoms with Gasteiger partial charge in [-0.25, -0.2) is 0 Å². The van der Waals surface area contributed by atoms with E-state index in [0.717, 1.165) is 38.9 Å². The highest BCUT2D eigenvalue weighted by Gasteiger charge is 2.12. The predicted molar refractivity (Wildman–Crippen MR) is 110 cm³/mol. The zero-order valence-electron chi connectivity index (χ0n) is 18.0. The van der Waals surface area contributed by atoms with E-state index < -0.39 is 12.6 Å². The summed E-state index contributed by atoms with van der Waals surface area (Å²) in [6.45, 7) is 11.7. The molecule has 6 heteroatoms. The van der Waals surface area contributed by atoms with Crippen LogP contribution in [-0.4, -0.2) is 52.2 Å². The van der Waals surface area contributed by atoms with E-state index in [4.69, 9.17) is 28.4 Å². The average Bonchev–Trinajstić information content (AvgIpc) is 2.69. The maximum atomic E-state index is 5.86. The largest absolute Gasteiger partial charge is 0.461 e. The summed E-state index contributed by atoms with van der Waals surface area (Å²) in [5, 5.41) is 0. The van der Waals surface area contributed by atoms with Gasteiger partial charge in [-0.05, 0) is 38.8 Å². The molecular weight excluding hydrogens is 360 g/mol. The first kappa shape index (κ1) is 24.7. The van der Waals surface area contributed by atoms with Crippen LogP contribution in [0.4, 0.5) is 0 Å². The van der Waals surface area contributed by atoms with Crippen molar-refractivity contribution in [2.45, 2.75) is 66.0 Å². The Labute approximate surface area is 170 Å². The quantitative estimate of drug-likeness (QED) is 0.261. The fourth-order valence-corrected chi connectivity index (χ4v) is 2.31. The van der Waals surface area contributed by atoms with E-state index in [1.54, 1.807) is 0 Å². The molecule has 0 spiro atoms. The van der Waals surface area contributed by atoms with Gasteiger partial charge in [-0.3, -0.25) is 0 Å². The Kier molecular flexibility index (Phi) is 14.6. The highest BCUT2D eigenvalue weighted by Crippen LogP contribution is 2.28. The fourth-order valence-electron chi connectivity index (χ4n) is 2.31. The monoisotopic (exact) mass is 398 g/mol. The van der Waals surface area contributed by atoms with Gasteiger partial charge in [0, 0.05) is 13.2 Å². The molecule has 0 amide bonds. The lowest BCUT2D eigenvalue weighted by Gasteiger charge is -2.20. The summed E-state index contributed by atoms with van der Waals surface area (Å²) in [7, 11) is 0. The van der Waals surface area contributed by atoms with Gasteiger partial charge in [-0.1, -0.05) is 38.8 Å². The number of hydrogen-bond acceptors (Lipinski definition) is 6. The molecule has 0 fully saturated rings. The Morgan fingerprint density at radius 2 is 1.07 bits per heavy atom. The third kappa shape index (κ3) is 12.2. The molecule has 0 aromatic heterocycles. The van der Waals surface area contributed by atoms with Gasteiger partial charge in [0.2, 0.25) is 0 Å². The smallest absolute Gasteiger partial charge is 0.197 e. The molecule has 1 aromatic carbocycles. The molecule has 2 unspecified atom stereocenters. The van der Waals surface area contributed by atoms with Crippen LogP contribution in [0.25, 0.3) is 0 Å². The molecule has 0 heterocycles. The zero-order chi connectivity index (χ0) is 20.5. The van der Waals surface area contributed by atoms with Crippen LogP contribution < -0.4 is 9.47 Å². The molecule has 0 radical (unpaired) electrons. The molecule has 0 aliphatic carbocycles. The number of unbranched alkanes of at least 4 members (excludes halogenated alkanes) is 2. The molecule has 0 saturated carbocycles. The van der Waals surface area contributed by atoms with E-state index in [2.05, 4.69) is 13.8 Å². The molecule has 162 valence electrons. The summed E-state index contributed by atoms with van der Waals surface area (Å²) in [6, 6.07) is 7.51. The predicted octanol–water partition coefficient (Wildman–Crippen LogP) is 4.80. The van der Waals surface area contributed by atoms with Crippen molar-refractivity contribution in [2.75, 3.05) is 39.6 Å². The van der Waals surface area contributed by atoms with Gasteiger partial charge in [0.1, 0.15) is 0 Å². The molecule has 28 heavy (non-hydrogen) atoms. The van der Waals surface area contributed by atoms with Crippen molar-refractivity contribution < 1.29 is 28.4 Å². The maximum absolute atomic E-state index is 5.86. The fraction of sp³-hybridized carbons (Fsp3) is 0.727. The zero-order valence-corrected chi connectivity index (χ0v) is 18.0. The van der Waals surface area contributed by atoms with E-state index in [9.17, 15) is 0 Å². The van der Waals surface area contributed by atoms with E-state index in [-0.39, 0.29) is 0 Å². The number of rotatable bonds is 18. The second kappa shape index (κ2) is 16.6. The lowest BCUT2D eigenvalue weighted by Crippen LogP contribution is -2.22. The van der Waals surface area contributed by atoms with E-state index in [0.29, 0.717) is 37.9 Å². The standard InChI is InChI=1S/C22H38O6/c1-5-7-13-23-15-17-25-19(3)27-21-11-9-10-12-22(21)28-20(4)26-18-16-24-14-8-6-2/h9-12,19-20H,5-8,13-18H2,1-4H3. The first-order valence-electron chi connectivity index (χ1n) is 10.5. The number of ether oxygens (including phenoxy) is 6. The summed E-state index contributed by atoms with van der Waals surface area (Å²) in [6.07, 6.45) is 3.60. The second-order valence-corrected chi connectivity index (χ2v) is 6.49.